The number of carbonyl (C=O) groups excluding carboxylic acids is 1. The van der Waals surface area contributed by atoms with Gasteiger partial charge in [0.1, 0.15) is 0 Å². The van der Waals surface area contributed by atoms with Crippen molar-refractivity contribution < 1.29 is 19.1 Å². The molecule has 0 saturated carbocycles. The number of rotatable bonds is 2. The summed E-state index contributed by atoms with van der Waals surface area (Å²) in [7, 11) is 0. The Hall–Kier alpha value is -0.450. The van der Waals surface area contributed by atoms with Crippen LogP contribution in [-0.2, 0) is 9.59 Å². The SMILES string of the molecule is O=C(O)C(=O)C(F)Br. The lowest BCUT2D eigenvalue weighted by Gasteiger charge is -1.88. The summed E-state index contributed by atoms with van der Waals surface area (Å²) in [6.07, 6.45) is 0. The molecule has 0 bridgehead atoms. The molecule has 5 heteroatoms. The Labute approximate surface area is 52.6 Å². The minimum Gasteiger partial charge on any atom is -0.475 e. The molecule has 8 heavy (non-hydrogen) atoms. The molecule has 0 aromatic heterocycles. The molecular formula is C3H2BrFO3. The maximum atomic E-state index is 11.5. The first kappa shape index (κ1) is 7.55. The molecule has 0 saturated heterocycles. The molecule has 0 aromatic carbocycles. The Balaban J connectivity index is 3.84. The normalized spacial score (nSPS) is 12.8. The van der Waals surface area contributed by atoms with Gasteiger partial charge >= 0.3 is 5.97 Å². The first-order valence-electron chi connectivity index (χ1n) is 1.61. The molecule has 3 nitrogen and oxygen atoms in total. The molecule has 1 atom stereocenters. The van der Waals surface area contributed by atoms with E-state index in [4.69, 9.17) is 5.11 Å². The predicted molar refractivity (Wildman–Crippen MR) is 26.5 cm³/mol. The van der Waals surface area contributed by atoms with Crippen LogP contribution in [0.4, 0.5) is 4.39 Å². The first-order chi connectivity index (χ1) is 3.55. The summed E-state index contributed by atoms with van der Waals surface area (Å²) in [5.74, 6) is -3.25. The fraction of sp³-hybridized carbons (Fsp3) is 0.333. The van der Waals surface area contributed by atoms with Crippen LogP contribution in [0.25, 0.3) is 0 Å². The molecule has 0 spiro atoms. The van der Waals surface area contributed by atoms with Crippen molar-refractivity contribution in [3.63, 3.8) is 0 Å². The van der Waals surface area contributed by atoms with Gasteiger partial charge < -0.3 is 5.11 Å². The lowest BCUT2D eigenvalue weighted by molar-refractivity contribution is -0.149. The van der Waals surface area contributed by atoms with Gasteiger partial charge in [0, 0.05) is 0 Å². The highest BCUT2D eigenvalue weighted by atomic mass is 79.9. The number of alkyl halides is 2. The summed E-state index contributed by atoms with van der Waals surface area (Å²) < 4.78 is 11.5. The summed E-state index contributed by atoms with van der Waals surface area (Å²) >= 11 is 2.14. The van der Waals surface area contributed by atoms with Crippen molar-refractivity contribution in [2.45, 2.75) is 5.08 Å². The van der Waals surface area contributed by atoms with E-state index < -0.39 is 16.8 Å². The smallest absolute Gasteiger partial charge is 0.376 e. The zero-order chi connectivity index (χ0) is 6.73. The van der Waals surface area contributed by atoms with Gasteiger partial charge in [-0.15, -0.1) is 0 Å². The van der Waals surface area contributed by atoms with Crippen LogP contribution in [0.15, 0.2) is 0 Å². The standard InChI is InChI=1S/C3H2BrFO3/c4-2(5)1(6)3(7)8/h2H,(H,7,8). The van der Waals surface area contributed by atoms with Crippen molar-refractivity contribution in [1.29, 1.82) is 0 Å². The second-order valence-corrected chi connectivity index (χ2v) is 1.77. The van der Waals surface area contributed by atoms with Crippen LogP contribution in [0, 0.1) is 0 Å². The van der Waals surface area contributed by atoms with Crippen LogP contribution in [0.1, 0.15) is 0 Å². The molecule has 46 valence electrons. The summed E-state index contributed by atoms with van der Waals surface area (Å²) in [6.45, 7) is 0. The molecule has 1 N–H and O–H groups in total. The largest absolute Gasteiger partial charge is 0.475 e. The van der Waals surface area contributed by atoms with Crippen LogP contribution in [0.3, 0.4) is 0 Å². The maximum absolute atomic E-state index is 11.5. The first-order valence-corrected chi connectivity index (χ1v) is 2.52. The van der Waals surface area contributed by atoms with Gasteiger partial charge in [0.05, 0.1) is 0 Å². The zero-order valence-corrected chi connectivity index (χ0v) is 5.18. The van der Waals surface area contributed by atoms with Crippen molar-refractivity contribution >= 4 is 27.7 Å². The molecule has 0 radical (unpaired) electrons. The van der Waals surface area contributed by atoms with Crippen LogP contribution >= 0.6 is 15.9 Å². The third-order valence-electron chi connectivity index (χ3n) is 0.409. The Kier molecular flexibility index (Phi) is 2.60. The highest BCUT2D eigenvalue weighted by molar-refractivity contribution is 9.09. The van der Waals surface area contributed by atoms with E-state index in [1.165, 1.54) is 0 Å². The van der Waals surface area contributed by atoms with Gasteiger partial charge in [-0.2, -0.15) is 0 Å². The quantitative estimate of drug-likeness (QED) is 0.498. The molecular weight excluding hydrogens is 183 g/mol. The fourth-order valence-corrected chi connectivity index (χ4v) is 0.289. The number of aliphatic carboxylic acids is 1. The van der Waals surface area contributed by atoms with Gasteiger partial charge in [0.25, 0.3) is 5.78 Å². The molecule has 0 heterocycles. The molecule has 1 unspecified atom stereocenters. The third kappa shape index (κ3) is 2.02. The van der Waals surface area contributed by atoms with E-state index >= 15 is 0 Å². The van der Waals surface area contributed by atoms with Crippen LogP contribution in [0.2, 0.25) is 0 Å². The van der Waals surface area contributed by atoms with E-state index in [2.05, 4.69) is 15.9 Å². The van der Waals surface area contributed by atoms with Gasteiger partial charge in [-0.3, -0.25) is 4.79 Å². The number of hydrogen-bond donors (Lipinski definition) is 1. The van der Waals surface area contributed by atoms with E-state index in [1.54, 1.807) is 0 Å². The monoisotopic (exact) mass is 184 g/mol. The number of ketones is 1. The van der Waals surface area contributed by atoms with Gasteiger partial charge in [0.15, 0.2) is 0 Å². The van der Waals surface area contributed by atoms with E-state index in [1.807, 2.05) is 0 Å². The summed E-state index contributed by atoms with van der Waals surface area (Å²) in [4.78, 5) is 19.3. The predicted octanol–water partition coefficient (Wildman–Crippen LogP) is 0.331. The third-order valence-corrected chi connectivity index (χ3v) is 0.825. The van der Waals surface area contributed by atoms with Crippen LogP contribution in [0.5, 0.6) is 0 Å². The molecule has 0 rings (SSSR count). The topological polar surface area (TPSA) is 54.4 Å². The van der Waals surface area contributed by atoms with Crippen LogP contribution in [-0.4, -0.2) is 21.9 Å². The minimum atomic E-state index is -2.08. The molecule has 0 aromatic rings. The summed E-state index contributed by atoms with van der Waals surface area (Å²) in [5, 5.41) is 5.65. The summed E-state index contributed by atoms with van der Waals surface area (Å²) in [5.41, 5.74) is 0. The average molecular weight is 185 g/mol. The number of hydrogen-bond acceptors (Lipinski definition) is 2. The highest BCUT2D eigenvalue weighted by Gasteiger charge is 2.20. The van der Waals surface area contributed by atoms with E-state index in [9.17, 15) is 14.0 Å². The number of Topliss-reactive ketones (excluding diaryl/α,β-unsaturated/α-hetero) is 1. The molecule has 0 amide bonds. The van der Waals surface area contributed by atoms with Gasteiger partial charge in [-0.25, -0.2) is 9.18 Å². The summed E-state index contributed by atoms with van der Waals surface area (Å²) in [6, 6.07) is 0. The number of carbonyl (C=O) groups is 2. The average Bonchev–Trinajstić information content (AvgIpc) is 1.64. The Bertz CT molecular complexity index is 122. The van der Waals surface area contributed by atoms with Crippen molar-refractivity contribution in [2.75, 3.05) is 0 Å². The fourth-order valence-electron chi connectivity index (χ4n) is 0.0933. The second kappa shape index (κ2) is 2.76. The van der Waals surface area contributed by atoms with Crippen molar-refractivity contribution in [3.8, 4) is 0 Å². The van der Waals surface area contributed by atoms with Crippen LogP contribution < -0.4 is 0 Å². The molecule has 0 aliphatic carbocycles. The van der Waals surface area contributed by atoms with Gasteiger partial charge in [-0.05, 0) is 15.9 Å². The number of carboxylic acid groups (broad SMARTS) is 1. The van der Waals surface area contributed by atoms with Crippen molar-refractivity contribution in [1.82, 2.24) is 0 Å². The number of halogens is 2. The van der Waals surface area contributed by atoms with E-state index in [-0.39, 0.29) is 0 Å². The Morgan fingerprint density at radius 3 is 2.00 bits per heavy atom. The molecule has 0 fully saturated rings. The Morgan fingerprint density at radius 1 is 1.62 bits per heavy atom. The minimum absolute atomic E-state index is 1.48. The molecule has 0 aliphatic heterocycles. The number of carboxylic acids is 1. The lowest BCUT2D eigenvalue weighted by Crippen LogP contribution is -2.19. The van der Waals surface area contributed by atoms with E-state index in [0.29, 0.717) is 0 Å². The maximum Gasteiger partial charge on any atom is 0.376 e. The molecule has 0 aliphatic rings. The van der Waals surface area contributed by atoms with Gasteiger partial charge in [0.2, 0.25) is 5.08 Å². The van der Waals surface area contributed by atoms with Gasteiger partial charge in [-0.1, -0.05) is 0 Å². The second-order valence-electron chi connectivity index (χ2n) is 0.970. The lowest BCUT2D eigenvalue weighted by atomic mass is 10.4. The highest BCUT2D eigenvalue weighted by Crippen LogP contribution is 2.00. The Morgan fingerprint density at radius 2 is 2.00 bits per heavy atom. The van der Waals surface area contributed by atoms with Crippen molar-refractivity contribution in [3.05, 3.63) is 0 Å². The zero-order valence-electron chi connectivity index (χ0n) is 3.60. The van der Waals surface area contributed by atoms with E-state index in [0.717, 1.165) is 0 Å². The van der Waals surface area contributed by atoms with Crippen molar-refractivity contribution in [2.24, 2.45) is 0 Å².